The summed E-state index contributed by atoms with van der Waals surface area (Å²) in [6.07, 6.45) is 1.01. The normalized spacial score (nSPS) is 11.6. The Balaban J connectivity index is 1.86. The molecule has 0 saturated carbocycles. The molecule has 0 heterocycles. The summed E-state index contributed by atoms with van der Waals surface area (Å²) in [5, 5.41) is 3.05. The van der Waals surface area contributed by atoms with Gasteiger partial charge in [0.25, 0.3) is 5.91 Å². The number of anilines is 1. The van der Waals surface area contributed by atoms with E-state index in [1.807, 2.05) is 66.7 Å². The van der Waals surface area contributed by atoms with Crippen molar-refractivity contribution in [1.82, 2.24) is 0 Å². The van der Waals surface area contributed by atoms with E-state index in [0.29, 0.717) is 23.0 Å². The lowest BCUT2D eigenvalue weighted by molar-refractivity contribution is 0.102. The van der Waals surface area contributed by atoms with Gasteiger partial charge in [-0.25, -0.2) is 0 Å². The molecule has 1 atom stereocenters. The standard InChI is InChI=1S/C23H23NO2/c1-3-17(2)19-13-7-9-15-21(19)24-23(25)20-14-8-10-16-22(20)26-18-11-5-4-6-12-18/h4-17H,3H2,1-2H3,(H,24,25)/t17-/m0/s1. The molecule has 0 aliphatic carbocycles. The van der Waals surface area contributed by atoms with Crippen molar-refractivity contribution in [3.63, 3.8) is 0 Å². The van der Waals surface area contributed by atoms with Crippen molar-refractivity contribution in [3.05, 3.63) is 90.0 Å². The molecule has 0 aliphatic rings. The minimum atomic E-state index is -0.174. The second kappa shape index (κ2) is 8.34. The number of carbonyl (C=O) groups is 1. The van der Waals surface area contributed by atoms with E-state index in [9.17, 15) is 4.79 Å². The van der Waals surface area contributed by atoms with Gasteiger partial charge in [0, 0.05) is 5.69 Å². The van der Waals surface area contributed by atoms with Gasteiger partial charge in [-0.1, -0.05) is 62.4 Å². The van der Waals surface area contributed by atoms with E-state index in [4.69, 9.17) is 4.74 Å². The van der Waals surface area contributed by atoms with Gasteiger partial charge >= 0.3 is 0 Å². The fraction of sp³-hybridized carbons (Fsp3) is 0.174. The molecular formula is C23H23NO2. The molecular weight excluding hydrogens is 322 g/mol. The molecule has 0 aromatic heterocycles. The lowest BCUT2D eigenvalue weighted by Crippen LogP contribution is -2.14. The predicted molar refractivity (Wildman–Crippen MR) is 106 cm³/mol. The zero-order valence-corrected chi connectivity index (χ0v) is 15.1. The van der Waals surface area contributed by atoms with Crippen LogP contribution in [0.4, 0.5) is 5.69 Å². The van der Waals surface area contributed by atoms with Gasteiger partial charge in [0.2, 0.25) is 0 Å². The maximum atomic E-state index is 12.9. The first-order valence-electron chi connectivity index (χ1n) is 8.91. The van der Waals surface area contributed by atoms with Crippen molar-refractivity contribution >= 4 is 11.6 Å². The average molecular weight is 345 g/mol. The third-order valence-electron chi connectivity index (χ3n) is 4.45. The van der Waals surface area contributed by atoms with Crippen LogP contribution >= 0.6 is 0 Å². The zero-order chi connectivity index (χ0) is 18.4. The van der Waals surface area contributed by atoms with E-state index < -0.39 is 0 Å². The first-order valence-corrected chi connectivity index (χ1v) is 8.91. The molecule has 3 heteroatoms. The summed E-state index contributed by atoms with van der Waals surface area (Å²) in [5.41, 5.74) is 2.50. The highest BCUT2D eigenvalue weighted by molar-refractivity contribution is 6.06. The summed E-state index contributed by atoms with van der Waals surface area (Å²) < 4.78 is 5.91. The Morgan fingerprint density at radius 3 is 2.35 bits per heavy atom. The van der Waals surface area contributed by atoms with E-state index in [0.717, 1.165) is 17.7 Å². The number of benzene rings is 3. The van der Waals surface area contributed by atoms with Gasteiger partial charge in [-0.3, -0.25) is 4.79 Å². The van der Waals surface area contributed by atoms with Crippen LogP contribution in [0, 0.1) is 0 Å². The van der Waals surface area contributed by atoms with Gasteiger partial charge in [0.05, 0.1) is 5.56 Å². The van der Waals surface area contributed by atoms with E-state index in [1.54, 1.807) is 6.07 Å². The SMILES string of the molecule is CC[C@H](C)c1ccccc1NC(=O)c1ccccc1Oc1ccccc1. The van der Waals surface area contributed by atoms with E-state index in [-0.39, 0.29) is 5.91 Å². The second-order valence-electron chi connectivity index (χ2n) is 6.26. The van der Waals surface area contributed by atoms with Crippen LogP contribution in [0.3, 0.4) is 0 Å². The summed E-state index contributed by atoms with van der Waals surface area (Å²) in [7, 11) is 0. The van der Waals surface area contributed by atoms with Crippen LogP contribution in [0.5, 0.6) is 11.5 Å². The highest BCUT2D eigenvalue weighted by Gasteiger charge is 2.16. The average Bonchev–Trinajstić information content (AvgIpc) is 2.69. The van der Waals surface area contributed by atoms with Gasteiger partial charge in [0.1, 0.15) is 11.5 Å². The number of rotatable bonds is 6. The van der Waals surface area contributed by atoms with Crippen molar-refractivity contribution in [2.45, 2.75) is 26.2 Å². The summed E-state index contributed by atoms with van der Waals surface area (Å²) in [6.45, 7) is 4.31. The monoisotopic (exact) mass is 345 g/mol. The van der Waals surface area contributed by atoms with Crippen molar-refractivity contribution in [2.24, 2.45) is 0 Å². The number of hydrogen-bond acceptors (Lipinski definition) is 2. The van der Waals surface area contributed by atoms with Gasteiger partial charge < -0.3 is 10.1 Å². The first-order chi connectivity index (χ1) is 12.7. The van der Waals surface area contributed by atoms with Crippen molar-refractivity contribution in [1.29, 1.82) is 0 Å². The molecule has 0 unspecified atom stereocenters. The van der Waals surface area contributed by atoms with Crippen LogP contribution in [-0.4, -0.2) is 5.91 Å². The molecule has 0 aliphatic heterocycles. The lowest BCUT2D eigenvalue weighted by Gasteiger charge is -2.16. The molecule has 0 fully saturated rings. The van der Waals surface area contributed by atoms with E-state index >= 15 is 0 Å². The lowest BCUT2D eigenvalue weighted by atomic mass is 9.96. The van der Waals surface area contributed by atoms with Crippen LogP contribution in [0.2, 0.25) is 0 Å². The fourth-order valence-electron chi connectivity index (χ4n) is 2.81. The molecule has 3 nitrogen and oxygen atoms in total. The Morgan fingerprint density at radius 2 is 1.58 bits per heavy atom. The number of para-hydroxylation sites is 3. The molecule has 26 heavy (non-hydrogen) atoms. The molecule has 0 radical (unpaired) electrons. The van der Waals surface area contributed by atoms with Crippen LogP contribution in [0.15, 0.2) is 78.9 Å². The number of carbonyl (C=O) groups excluding carboxylic acids is 1. The fourth-order valence-corrected chi connectivity index (χ4v) is 2.81. The molecule has 1 N–H and O–H groups in total. The quantitative estimate of drug-likeness (QED) is 0.574. The Labute approximate surface area is 154 Å². The summed E-state index contributed by atoms with van der Waals surface area (Å²) in [5.74, 6) is 1.44. The Bertz CT molecular complexity index is 874. The number of nitrogens with one attached hydrogen (secondary N) is 1. The number of ether oxygens (including phenoxy) is 1. The number of amides is 1. The highest BCUT2D eigenvalue weighted by atomic mass is 16.5. The maximum Gasteiger partial charge on any atom is 0.259 e. The van der Waals surface area contributed by atoms with Gasteiger partial charge in [-0.2, -0.15) is 0 Å². The van der Waals surface area contributed by atoms with Crippen LogP contribution in [0.1, 0.15) is 42.1 Å². The van der Waals surface area contributed by atoms with Crippen molar-refractivity contribution < 1.29 is 9.53 Å². The maximum absolute atomic E-state index is 12.9. The minimum absolute atomic E-state index is 0.174. The topological polar surface area (TPSA) is 38.3 Å². The predicted octanol–water partition coefficient (Wildman–Crippen LogP) is 6.24. The van der Waals surface area contributed by atoms with E-state index in [1.165, 1.54) is 0 Å². The van der Waals surface area contributed by atoms with Crippen LogP contribution in [-0.2, 0) is 0 Å². The summed E-state index contributed by atoms with van der Waals surface area (Å²) >= 11 is 0. The third kappa shape index (κ3) is 4.12. The summed E-state index contributed by atoms with van der Waals surface area (Å²) in [6, 6.07) is 24.7. The third-order valence-corrected chi connectivity index (χ3v) is 4.45. The van der Waals surface area contributed by atoms with Crippen LogP contribution < -0.4 is 10.1 Å². The zero-order valence-electron chi connectivity index (χ0n) is 15.1. The first kappa shape index (κ1) is 17.7. The van der Waals surface area contributed by atoms with Crippen molar-refractivity contribution in [2.75, 3.05) is 5.32 Å². The second-order valence-corrected chi connectivity index (χ2v) is 6.26. The van der Waals surface area contributed by atoms with Gasteiger partial charge in [-0.05, 0) is 48.2 Å². The molecule has 1 amide bonds. The van der Waals surface area contributed by atoms with Crippen molar-refractivity contribution in [3.8, 4) is 11.5 Å². The number of hydrogen-bond donors (Lipinski definition) is 1. The molecule has 3 aromatic rings. The largest absolute Gasteiger partial charge is 0.457 e. The molecule has 3 rings (SSSR count). The smallest absolute Gasteiger partial charge is 0.259 e. The molecule has 132 valence electrons. The Kier molecular flexibility index (Phi) is 5.69. The van der Waals surface area contributed by atoms with Gasteiger partial charge in [-0.15, -0.1) is 0 Å². The molecule has 0 bridgehead atoms. The summed E-state index contributed by atoms with van der Waals surface area (Å²) in [4.78, 5) is 12.9. The van der Waals surface area contributed by atoms with E-state index in [2.05, 4.69) is 25.2 Å². The van der Waals surface area contributed by atoms with Crippen LogP contribution in [0.25, 0.3) is 0 Å². The Hall–Kier alpha value is -3.07. The minimum Gasteiger partial charge on any atom is -0.457 e. The van der Waals surface area contributed by atoms with Gasteiger partial charge in [0.15, 0.2) is 0 Å². The highest BCUT2D eigenvalue weighted by Crippen LogP contribution is 2.29. The molecule has 0 spiro atoms. The molecule has 0 saturated heterocycles. The Morgan fingerprint density at radius 1 is 0.923 bits per heavy atom. The molecule has 3 aromatic carbocycles.